The highest BCUT2D eigenvalue weighted by Gasteiger charge is 2.28. The summed E-state index contributed by atoms with van der Waals surface area (Å²) in [4.78, 5) is 12.9. The Kier molecular flexibility index (Phi) is 7.60. The molecule has 0 aliphatic rings. The Morgan fingerprint density at radius 2 is 1.58 bits per heavy atom. The van der Waals surface area contributed by atoms with Crippen molar-refractivity contribution in [3.8, 4) is 11.5 Å². The predicted molar refractivity (Wildman–Crippen MR) is 128 cm³/mol. The number of amides is 1. The first-order valence-electron chi connectivity index (χ1n) is 10.4. The standard InChI is InChI=1S/C25H28N2O5S/c1-18-10-12-21(13-11-18)27(17-25(28)26-19(2)20-8-6-5-7-9-20)33(29,30)22-14-15-23(31-3)24(16-22)32-4/h5-16,19H,17H2,1-4H3,(H,26,28)/t19-/m0/s1. The number of hydrogen-bond donors (Lipinski definition) is 1. The quantitative estimate of drug-likeness (QED) is 0.511. The first kappa shape index (κ1) is 24.1. The van der Waals surface area contributed by atoms with E-state index in [2.05, 4.69) is 5.32 Å². The zero-order chi connectivity index (χ0) is 24.0. The summed E-state index contributed by atoms with van der Waals surface area (Å²) in [6, 6.07) is 20.5. The number of nitrogens with one attached hydrogen (secondary N) is 1. The number of methoxy groups -OCH3 is 2. The monoisotopic (exact) mass is 468 g/mol. The number of carbonyl (C=O) groups is 1. The Hall–Kier alpha value is -3.52. The van der Waals surface area contributed by atoms with Gasteiger partial charge in [-0.2, -0.15) is 0 Å². The van der Waals surface area contributed by atoms with Crippen molar-refractivity contribution in [1.29, 1.82) is 0 Å². The highest BCUT2D eigenvalue weighted by Crippen LogP contribution is 2.32. The molecule has 3 aromatic carbocycles. The lowest BCUT2D eigenvalue weighted by Crippen LogP contribution is -2.41. The van der Waals surface area contributed by atoms with Crippen LogP contribution >= 0.6 is 0 Å². The maximum absolute atomic E-state index is 13.6. The number of sulfonamides is 1. The maximum atomic E-state index is 13.6. The third-order valence-electron chi connectivity index (χ3n) is 5.23. The van der Waals surface area contributed by atoms with Crippen molar-refractivity contribution in [3.63, 3.8) is 0 Å². The van der Waals surface area contributed by atoms with Gasteiger partial charge in [-0.3, -0.25) is 9.10 Å². The molecule has 0 spiro atoms. The number of carbonyl (C=O) groups excluding carboxylic acids is 1. The van der Waals surface area contributed by atoms with E-state index in [1.807, 2.05) is 44.2 Å². The zero-order valence-corrected chi connectivity index (χ0v) is 19.9. The second-order valence-corrected chi connectivity index (χ2v) is 9.43. The fraction of sp³-hybridized carbons (Fsp3) is 0.240. The Bertz CT molecular complexity index is 1200. The van der Waals surface area contributed by atoms with Crippen molar-refractivity contribution in [2.24, 2.45) is 0 Å². The molecule has 0 saturated carbocycles. The minimum absolute atomic E-state index is 0.00960. The lowest BCUT2D eigenvalue weighted by Gasteiger charge is -2.25. The van der Waals surface area contributed by atoms with Crippen molar-refractivity contribution in [1.82, 2.24) is 5.32 Å². The molecule has 3 rings (SSSR count). The van der Waals surface area contributed by atoms with Crippen molar-refractivity contribution < 1.29 is 22.7 Å². The number of aryl methyl sites for hydroxylation is 1. The Morgan fingerprint density at radius 3 is 2.18 bits per heavy atom. The molecule has 174 valence electrons. The van der Waals surface area contributed by atoms with Crippen LogP contribution in [-0.2, 0) is 14.8 Å². The van der Waals surface area contributed by atoms with Gasteiger partial charge in [-0.15, -0.1) is 0 Å². The molecule has 0 radical (unpaired) electrons. The van der Waals surface area contributed by atoms with Crippen LogP contribution < -0.4 is 19.1 Å². The SMILES string of the molecule is COc1ccc(S(=O)(=O)N(CC(=O)N[C@@H](C)c2ccccc2)c2ccc(C)cc2)cc1OC. The van der Waals surface area contributed by atoms with E-state index >= 15 is 0 Å². The lowest BCUT2D eigenvalue weighted by molar-refractivity contribution is -0.120. The summed E-state index contributed by atoms with van der Waals surface area (Å²) in [7, 11) is -1.17. The normalized spacial score (nSPS) is 12.0. The summed E-state index contributed by atoms with van der Waals surface area (Å²) in [6.07, 6.45) is 0. The van der Waals surface area contributed by atoms with Crippen LogP contribution in [-0.4, -0.2) is 35.1 Å². The van der Waals surface area contributed by atoms with Gasteiger partial charge in [0.15, 0.2) is 11.5 Å². The summed E-state index contributed by atoms with van der Waals surface area (Å²) < 4.78 is 38.8. The molecule has 0 heterocycles. The molecule has 7 nitrogen and oxygen atoms in total. The van der Waals surface area contributed by atoms with Crippen molar-refractivity contribution in [2.75, 3.05) is 25.1 Å². The van der Waals surface area contributed by atoms with Crippen LogP contribution in [0.25, 0.3) is 0 Å². The van der Waals surface area contributed by atoms with Gasteiger partial charge < -0.3 is 14.8 Å². The van der Waals surface area contributed by atoms with Gasteiger partial charge in [0.2, 0.25) is 5.91 Å². The van der Waals surface area contributed by atoms with Gasteiger partial charge in [0, 0.05) is 6.07 Å². The van der Waals surface area contributed by atoms with Crippen LogP contribution in [0.4, 0.5) is 5.69 Å². The van der Waals surface area contributed by atoms with E-state index in [9.17, 15) is 13.2 Å². The smallest absolute Gasteiger partial charge is 0.264 e. The van der Waals surface area contributed by atoms with E-state index in [0.717, 1.165) is 15.4 Å². The zero-order valence-electron chi connectivity index (χ0n) is 19.1. The molecule has 0 unspecified atom stereocenters. The van der Waals surface area contributed by atoms with Gasteiger partial charge in [-0.1, -0.05) is 48.0 Å². The van der Waals surface area contributed by atoms with Crippen molar-refractivity contribution in [2.45, 2.75) is 24.8 Å². The molecule has 0 bridgehead atoms. The summed E-state index contributed by atoms with van der Waals surface area (Å²) in [5.41, 5.74) is 2.29. The second-order valence-electron chi connectivity index (χ2n) is 7.56. The third kappa shape index (κ3) is 5.64. The van der Waals surface area contributed by atoms with E-state index in [1.54, 1.807) is 24.3 Å². The first-order valence-corrected chi connectivity index (χ1v) is 11.9. The molecule has 0 fully saturated rings. The van der Waals surface area contributed by atoms with Crippen molar-refractivity contribution in [3.05, 3.63) is 83.9 Å². The maximum Gasteiger partial charge on any atom is 0.264 e. The van der Waals surface area contributed by atoms with E-state index < -0.39 is 15.9 Å². The summed E-state index contributed by atoms with van der Waals surface area (Å²) >= 11 is 0. The van der Waals surface area contributed by atoms with Gasteiger partial charge >= 0.3 is 0 Å². The highest BCUT2D eigenvalue weighted by molar-refractivity contribution is 7.92. The number of benzene rings is 3. The summed E-state index contributed by atoms with van der Waals surface area (Å²) in [6.45, 7) is 3.38. The van der Waals surface area contributed by atoms with Gasteiger partial charge in [0.1, 0.15) is 6.54 Å². The van der Waals surface area contributed by atoms with E-state index in [1.165, 1.54) is 32.4 Å². The van der Waals surface area contributed by atoms with Crippen LogP contribution in [0, 0.1) is 6.92 Å². The summed E-state index contributed by atoms with van der Waals surface area (Å²) in [5, 5.41) is 2.88. The molecule has 0 aliphatic heterocycles. The van der Waals surface area contributed by atoms with Crippen molar-refractivity contribution >= 4 is 21.6 Å². The molecule has 0 aliphatic carbocycles. The molecule has 3 aromatic rings. The lowest BCUT2D eigenvalue weighted by atomic mass is 10.1. The Morgan fingerprint density at radius 1 is 0.939 bits per heavy atom. The first-order chi connectivity index (χ1) is 15.8. The van der Waals surface area contributed by atoms with Gasteiger partial charge in [-0.05, 0) is 43.7 Å². The highest BCUT2D eigenvalue weighted by atomic mass is 32.2. The topological polar surface area (TPSA) is 84.9 Å². The van der Waals surface area contributed by atoms with E-state index in [4.69, 9.17) is 9.47 Å². The second kappa shape index (κ2) is 10.4. The number of hydrogen-bond acceptors (Lipinski definition) is 5. The third-order valence-corrected chi connectivity index (χ3v) is 7.00. The molecular formula is C25H28N2O5S. The molecule has 8 heteroatoms. The fourth-order valence-electron chi connectivity index (χ4n) is 3.37. The largest absolute Gasteiger partial charge is 0.493 e. The molecule has 33 heavy (non-hydrogen) atoms. The minimum atomic E-state index is -4.08. The average Bonchev–Trinajstić information content (AvgIpc) is 2.83. The van der Waals surface area contributed by atoms with Gasteiger partial charge in [0.05, 0.1) is 30.8 Å². The number of rotatable bonds is 9. The Balaban J connectivity index is 1.94. The number of nitrogens with zero attached hydrogens (tertiary/aromatic N) is 1. The van der Waals surface area contributed by atoms with Crippen LogP contribution in [0.3, 0.4) is 0 Å². The van der Waals surface area contributed by atoms with Crippen LogP contribution in [0.15, 0.2) is 77.7 Å². The van der Waals surface area contributed by atoms with Gasteiger partial charge in [0.25, 0.3) is 10.0 Å². The van der Waals surface area contributed by atoms with E-state index in [0.29, 0.717) is 11.4 Å². The number of anilines is 1. The van der Waals surface area contributed by atoms with Crippen LogP contribution in [0.1, 0.15) is 24.1 Å². The number of ether oxygens (including phenoxy) is 2. The molecule has 1 atom stereocenters. The molecular weight excluding hydrogens is 440 g/mol. The summed E-state index contributed by atoms with van der Waals surface area (Å²) in [5.74, 6) is 0.272. The predicted octanol–water partition coefficient (Wildman–Crippen LogP) is 4.08. The van der Waals surface area contributed by atoms with E-state index in [-0.39, 0.29) is 23.2 Å². The molecule has 1 amide bonds. The van der Waals surface area contributed by atoms with Crippen LogP contribution in [0.2, 0.25) is 0 Å². The molecule has 1 N–H and O–H groups in total. The Labute approximate surface area is 195 Å². The fourth-order valence-corrected chi connectivity index (χ4v) is 4.81. The van der Waals surface area contributed by atoms with Crippen LogP contribution in [0.5, 0.6) is 11.5 Å². The molecule has 0 aromatic heterocycles. The molecule has 0 saturated heterocycles. The minimum Gasteiger partial charge on any atom is -0.493 e. The van der Waals surface area contributed by atoms with Gasteiger partial charge in [-0.25, -0.2) is 8.42 Å². The average molecular weight is 469 g/mol.